The van der Waals surface area contributed by atoms with Crippen LogP contribution in [0, 0.1) is 11.3 Å². The van der Waals surface area contributed by atoms with Gasteiger partial charge in [-0.2, -0.15) is 5.26 Å². The van der Waals surface area contributed by atoms with E-state index in [0.29, 0.717) is 24.3 Å². The van der Waals surface area contributed by atoms with Crippen LogP contribution in [0.1, 0.15) is 25.8 Å². The quantitative estimate of drug-likeness (QED) is 0.827. The molecule has 0 radical (unpaired) electrons. The lowest BCUT2D eigenvalue weighted by molar-refractivity contribution is -0.0586. The van der Waals surface area contributed by atoms with Crippen LogP contribution < -0.4 is 4.74 Å². The van der Waals surface area contributed by atoms with E-state index in [2.05, 4.69) is 24.8 Å². The molecule has 4 heteroatoms. The number of nitriles is 1. The van der Waals surface area contributed by atoms with E-state index >= 15 is 0 Å². The first kappa shape index (κ1) is 14.8. The van der Waals surface area contributed by atoms with E-state index in [1.54, 1.807) is 12.1 Å². The van der Waals surface area contributed by atoms with Crippen LogP contribution in [0.4, 0.5) is 0 Å². The highest BCUT2D eigenvalue weighted by atomic mass is 16.5. The Morgan fingerprint density at radius 3 is 2.80 bits per heavy atom. The molecule has 0 saturated carbocycles. The van der Waals surface area contributed by atoms with Crippen molar-refractivity contribution in [2.24, 2.45) is 0 Å². The molecule has 2 atom stereocenters. The predicted molar refractivity (Wildman–Crippen MR) is 77.7 cm³/mol. The van der Waals surface area contributed by atoms with Crippen molar-refractivity contribution in [1.29, 1.82) is 5.26 Å². The third-order valence-electron chi connectivity index (χ3n) is 3.68. The zero-order chi connectivity index (χ0) is 14.4. The first-order valence-electron chi connectivity index (χ1n) is 7.21. The van der Waals surface area contributed by atoms with Crippen LogP contribution in [0.2, 0.25) is 0 Å². The second kappa shape index (κ2) is 7.28. The van der Waals surface area contributed by atoms with Crippen LogP contribution in [0.25, 0.3) is 0 Å². The van der Waals surface area contributed by atoms with Gasteiger partial charge in [-0.3, -0.25) is 4.90 Å². The molecule has 1 aliphatic rings. The van der Waals surface area contributed by atoms with Crippen LogP contribution >= 0.6 is 0 Å². The highest BCUT2D eigenvalue weighted by molar-refractivity contribution is 5.34. The molecular weight excluding hydrogens is 252 g/mol. The Balaban J connectivity index is 1.80. The molecule has 0 N–H and O–H groups in total. The Kier molecular flexibility index (Phi) is 5.40. The molecule has 2 unspecified atom stereocenters. The van der Waals surface area contributed by atoms with Crippen LogP contribution in [0.15, 0.2) is 24.3 Å². The molecule has 1 heterocycles. The van der Waals surface area contributed by atoms with Gasteiger partial charge in [0, 0.05) is 19.1 Å². The topological polar surface area (TPSA) is 45.5 Å². The molecule has 0 aliphatic carbocycles. The van der Waals surface area contributed by atoms with Gasteiger partial charge in [-0.05, 0) is 37.6 Å². The minimum atomic E-state index is 0.299. The zero-order valence-electron chi connectivity index (χ0n) is 12.2. The average molecular weight is 274 g/mol. The third-order valence-corrected chi connectivity index (χ3v) is 3.68. The summed E-state index contributed by atoms with van der Waals surface area (Å²) < 4.78 is 11.4. The van der Waals surface area contributed by atoms with E-state index in [4.69, 9.17) is 14.7 Å². The number of hydrogen-bond acceptors (Lipinski definition) is 4. The van der Waals surface area contributed by atoms with Crippen LogP contribution in [-0.4, -0.2) is 43.3 Å². The molecule has 1 aromatic rings. The van der Waals surface area contributed by atoms with Gasteiger partial charge in [-0.1, -0.05) is 6.92 Å². The monoisotopic (exact) mass is 274 g/mol. The molecule has 1 aliphatic heterocycles. The molecule has 0 bridgehead atoms. The summed E-state index contributed by atoms with van der Waals surface area (Å²) in [7, 11) is 0. The fraction of sp³-hybridized carbons (Fsp3) is 0.562. The number of benzene rings is 1. The van der Waals surface area contributed by atoms with Gasteiger partial charge in [-0.25, -0.2) is 0 Å². The van der Waals surface area contributed by atoms with Crippen molar-refractivity contribution >= 4 is 0 Å². The van der Waals surface area contributed by atoms with Gasteiger partial charge in [-0.15, -0.1) is 0 Å². The predicted octanol–water partition coefficient (Wildman–Crippen LogP) is 2.44. The minimum Gasteiger partial charge on any atom is -0.492 e. The SMILES string of the molecule is CCC1COC(C)CN1CCOc1ccc(C#N)cc1. The Labute approximate surface area is 120 Å². The molecule has 0 spiro atoms. The fourth-order valence-electron chi connectivity index (χ4n) is 2.47. The second-order valence-corrected chi connectivity index (χ2v) is 5.19. The standard InChI is InChI=1S/C16H22N2O2/c1-3-15-12-20-13(2)11-18(15)8-9-19-16-6-4-14(10-17)5-7-16/h4-7,13,15H,3,8-9,11-12H2,1-2H3. The number of nitrogens with zero attached hydrogens (tertiary/aromatic N) is 2. The normalized spacial score (nSPS) is 23.2. The van der Waals surface area contributed by atoms with E-state index in [0.717, 1.165) is 31.9 Å². The molecule has 108 valence electrons. The summed E-state index contributed by atoms with van der Waals surface area (Å²) in [6.45, 7) is 7.66. The molecule has 0 aromatic heterocycles. The van der Waals surface area contributed by atoms with Gasteiger partial charge in [0.2, 0.25) is 0 Å². The Hall–Kier alpha value is -1.57. The Morgan fingerprint density at radius 2 is 2.15 bits per heavy atom. The lowest BCUT2D eigenvalue weighted by Gasteiger charge is -2.38. The maximum absolute atomic E-state index is 8.75. The van der Waals surface area contributed by atoms with E-state index in [-0.39, 0.29) is 0 Å². The molecule has 2 rings (SSSR count). The van der Waals surface area contributed by atoms with Gasteiger partial charge < -0.3 is 9.47 Å². The maximum atomic E-state index is 8.75. The van der Waals surface area contributed by atoms with Crippen molar-refractivity contribution in [2.45, 2.75) is 32.4 Å². The maximum Gasteiger partial charge on any atom is 0.119 e. The smallest absolute Gasteiger partial charge is 0.119 e. The number of hydrogen-bond donors (Lipinski definition) is 0. The lowest BCUT2D eigenvalue weighted by Crippen LogP contribution is -2.49. The number of ether oxygens (including phenoxy) is 2. The fourth-order valence-corrected chi connectivity index (χ4v) is 2.47. The highest BCUT2D eigenvalue weighted by Gasteiger charge is 2.24. The molecule has 1 fully saturated rings. The number of morpholine rings is 1. The largest absolute Gasteiger partial charge is 0.492 e. The Morgan fingerprint density at radius 1 is 1.40 bits per heavy atom. The van der Waals surface area contributed by atoms with Crippen LogP contribution in [0.5, 0.6) is 5.75 Å². The molecule has 1 aromatic carbocycles. The summed E-state index contributed by atoms with van der Waals surface area (Å²) in [5, 5.41) is 8.75. The van der Waals surface area contributed by atoms with Gasteiger partial charge in [0.25, 0.3) is 0 Å². The van der Waals surface area contributed by atoms with E-state index in [1.807, 2.05) is 12.1 Å². The van der Waals surface area contributed by atoms with Crippen molar-refractivity contribution in [1.82, 2.24) is 4.90 Å². The van der Waals surface area contributed by atoms with Crippen molar-refractivity contribution in [3.63, 3.8) is 0 Å². The van der Waals surface area contributed by atoms with Gasteiger partial charge in [0.1, 0.15) is 12.4 Å². The summed E-state index contributed by atoms with van der Waals surface area (Å²) in [4.78, 5) is 2.44. The molecule has 20 heavy (non-hydrogen) atoms. The highest BCUT2D eigenvalue weighted by Crippen LogP contribution is 2.15. The van der Waals surface area contributed by atoms with E-state index in [1.165, 1.54) is 0 Å². The second-order valence-electron chi connectivity index (χ2n) is 5.19. The summed E-state index contributed by atoms with van der Waals surface area (Å²) >= 11 is 0. The Bertz CT molecular complexity index is 453. The lowest BCUT2D eigenvalue weighted by atomic mass is 10.1. The van der Waals surface area contributed by atoms with Crippen molar-refractivity contribution in [2.75, 3.05) is 26.3 Å². The van der Waals surface area contributed by atoms with Gasteiger partial charge in [0.15, 0.2) is 0 Å². The van der Waals surface area contributed by atoms with E-state index < -0.39 is 0 Å². The van der Waals surface area contributed by atoms with Gasteiger partial charge >= 0.3 is 0 Å². The zero-order valence-corrected chi connectivity index (χ0v) is 12.2. The van der Waals surface area contributed by atoms with Crippen molar-refractivity contribution < 1.29 is 9.47 Å². The minimum absolute atomic E-state index is 0.299. The molecular formula is C16H22N2O2. The summed E-state index contributed by atoms with van der Waals surface area (Å²) in [6.07, 6.45) is 1.40. The molecule has 0 amide bonds. The third kappa shape index (κ3) is 3.96. The molecule has 4 nitrogen and oxygen atoms in total. The van der Waals surface area contributed by atoms with Crippen LogP contribution in [0.3, 0.4) is 0 Å². The van der Waals surface area contributed by atoms with Crippen molar-refractivity contribution in [3.8, 4) is 11.8 Å². The summed E-state index contributed by atoms with van der Waals surface area (Å²) in [6, 6.07) is 9.85. The average Bonchev–Trinajstić information content (AvgIpc) is 2.48. The first-order valence-corrected chi connectivity index (χ1v) is 7.21. The van der Waals surface area contributed by atoms with E-state index in [9.17, 15) is 0 Å². The first-order chi connectivity index (χ1) is 9.72. The van der Waals surface area contributed by atoms with Crippen LogP contribution in [-0.2, 0) is 4.74 Å². The number of rotatable bonds is 5. The van der Waals surface area contributed by atoms with Crippen molar-refractivity contribution in [3.05, 3.63) is 29.8 Å². The summed E-state index contributed by atoms with van der Waals surface area (Å²) in [5.74, 6) is 0.818. The molecule has 1 saturated heterocycles. The summed E-state index contributed by atoms with van der Waals surface area (Å²) in [5.41, 5.74) is 0.658. The van der Waals surface area contributed by atoms with Gasteiger partial charge in [0.05, 0.1) is 24.3 Å².